The van der Waals surface area contributed by atoms with Crippen LogP contribution in [0.1, 0.15) is 31.3 Å². The highest BCUT2D eigenvalue weighted by molar-refractivity contribution is 6.36. The third-order valence-corrected chi connectivity index (χ3v) is 4.35. The molecule has 0 spiro atoms. The summed E-state index contributed by atoms with van der Waals surface area (Å²) in [6, 6.07) is 4.36. The zero-order valence-electron chi connectivity index (χ0n) is 17.1. The van der Waals surface area contributed by atoms with Gasteiger partial charge in [0, 0.05) is 23.9 Å². The summed E-state index contributed by atoms with van der Waals surface area (Å²) in [6.07, 6.45) is -4.58. The molecule has 0 saturated heterocycles. The van der Waals surface area contributed by atoms with E-state index in [1.54, 1.807) is 17.7 Å². The van der Waals surface area contributed by atoms with Crippen molar-refractivity contribution < 1.29 is 27.4 Å². The summed E-state index contributed by atoms with van der Waals surface area (Å²) in [7, 11) is 1.38. The van der Waals surface area contributed by atoms with Crippen LogP contribution in [0.15, 0.2) is 30.5 Å². The molecule has 0 unspecified atom stereocenters. The zero-order chi connectivity index (χ0) is 22.6. The Balaban J connectivity index is 2.56. The summed E-state index contributed by atoms with van der Waals surface area (Å²) in [5.41, 5.74) is -0.135. The number of carbonyl (C=O) groups excluding carboxylic acids is 1. The lowest BCUT2D eigenvalue weighted by Gasteiger charge is -2.16. The Morgan fingerprint density at radius 2 is 2.03 bits per heavy atom. The average molecular weight is 446 g/mol. The van der Waals surface area contributed by atoms with Crippen molar-refractivity contribution in [3.8, 4) is 17.0 Å². The van der Waals surface area contributed by atoms with Crippen LogP contribution in [0.5, 0.6) is 5.75 Å². The lowest BCUT2D eigenvalue weighted by Crippen LogP contribution is -2.17. The van der Waals surface area contributed by atoms with E-state index in [0.717, 1.165) is 0 Å². The average Bonchev–Trinajstić information content (AvgIpc) is 2.96. The standard InChI is InChI=1S/C20H23ClF3N3O3/c1-6-30-19(28)17-16(21)18(27(26-17)10-11(2)3)14-8-7-13(9-15(14)29-5)25-12(4)20(22,23)24/h7-9,11,25H,4,6,10H2,1-3,5H3. The Bertz CT molecular complexity index is 939. The first kappa shape index (κ1) is 23.6. The van der Waals surface area contributed by atoms with Gasteiger partial charge < -0.3 is 14.8 Å². The van der Waals surface area contributed by atoms with Crippen LogP contribution in [-0.2, 0) is 11.3 Å². The number of anilines is 1. The molecule has 1 N–H and O–H groups in total. The van der Waals surface area contributed by atoms with Crippen LogP contribution in [0.3, 0.4) is 0 Å². The van der Waals surface area contributed by atoms with Crippen LogP contribution in [0.25, 0.3) is 11.3 Å². The van der Waals surface area contributed by atoms with Gasteiger partial charge >= 0.3 is 12.1 Å². The molecule has 1 aromatic carbocycles. The topological polar surface area (TPSA) is 65.4 Å². The number of halogens is 4. The Morgan fingerprint density at radius 3 is 2.57 bits per heavy atom. The lowest BCUT2D eigenvalue weighted by molar-refractivity contribution is -0.0898. The van der Waals surface area contributed by atoms with Crippen molar-refractivity contribution in [3.05, 3.63) is 41.2 Å². The molecule has 1 aromatic heterocycles. The highest BCUT2D eigenvalue weighted by Gasteiger charge is 2.32. The fourth-order valence-electron chi connectivity index (χ4n) is 2.71. The van der Waals surface area contributed by atoms with E-state index in [-0.39, 0.29) is 34.7 Å². The highest BCUT2D eigenvalue weighted by Crippen LogP contribution is 2.39. The number of ether oxygens (including phenoxy) is 2. The van der Waals surface area contributed by atoms with Crippen LogP contribution in [0.4, 0.5) is 18.9 Å². The molecule has 0 bridgehead atoms. The normalized spacial score (nSPS) is 11.5. The van der Waals surface area contributed by atoms with Crippen molar-refractivity contribution in [2.45, 2.75) is 33.5 Å². The molecule has 0 saturated carbocycles. The molecule has 10 heteroatoms. The first-order chi connectivity index (χ1) is 14.0. The summed E-state index contributed by atoms with van der Waals surface area (Å²) in [5, 5.41) is 6.58. The summed E-state index contributed by atoms with van der Waals surface area (Å²) >= 11 is 6.47. The maximum Gasteiger partial charge on any atom is 0.430 e. The molecule has 30 heavy (non-hydrogen) atoms. The quantitative estimate of drug-likeness (QED) is 0.541. The molecule has 2 rings (SSSR count). The van der Waals surface area contributed by atoms with Crippen molar-refractivity contribution in [3.63, 3.8) is 0 Å². The van der Waals surface area contributed by atoms with E-state index in [1.165, 1.54) is 19.2 Å². The number of alkyl halides is 3. The molecular weight excluding hydrogens is 423 g/mol. The van der Waals surface area contributed by atoms with Gasteiger partial charge in [0.15, 0.2) is 5.69 Å². The Kier molecular flexibility index (Phi) is 7.41. The number of nitrogens with one attached hydrogen (secondary N) is 1. The summed E-state index contributed by atoms with van der Waals surface area (Å²) in [4.78, 5) is 12.2. The first-order valence-corrected chi connectivity index (χ1v) is 9.52. The maximum atomic E-state index is 12.8. The van der Waals surface area contributed by atoms with E-state index in [9.17, 15) is 18.0 Å². The number of esters is 1. The molecule has 0 atom stereocenters. The van der Waals surface area contributed by atoms with Gasteiger partial charge in [-0.2, -0.15) is 18.3 Å². The monoisotopic (exact) mass is 445 g/mol. The van der Waals surface area contributed by atoms with Gasteiger partial charge in [0.1, 0.15) is 16.5 Å². The fourth-order valence-corrected chi connectivity index (χ4v) is 3.03. The summed E-state index contributed by atoms with van der Waals surface area (Å²) in [6.45, 7) is 9.21. The number of benzene rings is 1. The van der Waals surface area contributed by atoms with Gasteiger partial charge in [-0.3, -0.25) is 4.68 Å². The van der Waals surface area contributed by atoms with Gasteiger partial charge in [-0.25, -0.2) is 4.79 Å². The lowest BCUT2D eigenvalue weighted by atomic mass is 10.1. The van der Waals surface area contributed by atoms with Gasteiger partial charge in [-0.05, 0) is 25.0 Å². The second-order valence-electron chi connectivity index (χ2n) is 6.82. The fraction of sp³-hybridized carbons (Fsp3) is 0.400. The van der Waals surface area contributed by atoms with Crippen LogP contribution >= 0.6 is 11.6 Å². The number of aromatic nitrogens is 2. The highest BCUT2D eigenvalue weighted by atomic mass is 35.5. The second kappa shape index (κ2) is 9.42. The third-order valence-electron chi connectivity index (χ3n) is 4.00. The Labute approximate surface area is 177 Å². The van der Waals surface area contributed by atoms with Crippen molar-refractivity contribution in [2.24, 2.45) is 5.92 Å². The van der Waals surface area contributed by atoms with E-state index < -0.39 is 17.8 Å². The minimum Gasteiger partial charge on any atom is -0.496 e. The van der Waals surface area contributed by atoms with Gasteiger partial charge in [0.2, 0.25) is 0 Å². The number of carbonyl (C=O) groups is 1. The van der Waals surface area contributed by atoms with Gasteiger partial charge in [0.05, 0.1) is 19.4 Å². The number of allylic oxidation sites excluding steroid dienone is 1. The Hall–Kier alpha value is -2.68. The van der Waals surface area contributed by atoms with E-state index >= 15 is 0 Å². The number of nitrogens with zero attached hydrogens (tertiary/aromatic N) is 2. The predicted molar refractivity (Wildman–Crippen MR) is 109 cm³/mol. The van der Waals surface area contributed by atoms with Crippen LogP contribution in [-0.4, -0.2) is 35.6 Å². The number of hydrogen-bond acceptors (Lipinski definition) is 5. The molecule has 0 amide bonds. The molecule has 2 aromatic rings. The minimum atomic E-state index is -4.58. The van der Waals surface area contributed by atoms with E-state index in [0.29, 0.717) is 17.8 Å². The van der Waals surface area contributed by atoms with E-state index in [2.05, 4.69) is 17.0 Å². The SMILES string of the molecule is C=C(Nc1ccc(-c2c(Cl)c(C(=O)OCC)nn2CC(C)C)c(OC)c1)C(F)(F)F. The molecule has 1 heterocycles. The number of rotatable bonds is 8. The summed E-state index contributed by atoms with van der Waals surface area (Å²) < 4.78 is 50.2. The molecule has 164 valence electrons. The molecule has 0 aliphatic heterocycles. The number of methoxy groups -OCH3 is 1. The molecule has 0 aliphatic carbocycles. The van der Waals surface area contributed by atoms with Crippen molar-refractivity contribution >= 4 is 23.3 Å². The zero-order valence-corrected chi connectivity index (χ0v) is 17.8. The molecular formula is C20H23ClF3N3O3. The molecule has 6 nitrogen and oxygen atoms in total. The van der Waals surface area contributed by atoms with Gasteiger partial charge in [-0.1, -0.05) is 32.0 Å². The largest absolute Gasteiger partial charge is 0.496 e. The second-order valence-corrected chi connectivity index (χ2v) is 7.20. The predicted octanol–water partition coefficient (Wildman–Crippen LogP) is 5.53. The number of hydrogen-bond donors (Lipinski definition) is 1. The molecule has 0 radical (unpaired) electrons. The van der Waals surface area contributed by atoms with Crippen LogP contribution < -0.4 is 10.1 Å². The van der Waals surface area contributed by atoms with Crippen LogP contribution in [0.2, 0.25) is 5.02 Å². The Morgan fingerprint density at radius 1 is 1.37 bits per heavy atom. The molecule has 0 fully saturated rings. The summed E-state index contributed by atoms with van der Waals surface area (Å²) in [5.74, 6) is -0.237. The third kappa shape index (κ3) is 5.27. The van der Waals surface area contributed by atoms with Gasteiger partial charge in [0.25, 0.3) is 0 Å². The first-order valence-electron chi connectivity index (χ1n) is 9.14. The van der Waals surface area contributed by atoms with Crippen molar-refractivity contribution in [1.29, 1.82) is 0 Å². The maximum absolute atomic E-state index is 12.8. The van der Waals surface area contributed by atoms with E-state index in [1.807, 2.05) is 13.8 Å². The van der Waals surface area contributed by atoms with Crippen LogP contribution in [0, 0.1) is 5.92 Å². The van der Waals surface area contributed by atoms with E-state index in [4.69, 9.17) is 21.1 Å². The smallest absolute Gasteiger partial charge is 0.430 e. The minimum absolute atomic E-state index is 0.0381. The molecule has 0 aliphatic rings. The van der Waals surface area contributed by atoms with Crippen molar-refractivity contribution in [1.82, 2.24) is 9.78 Å². The van der Waals surface area contributed by atoms with Gasteiger partial charge in [-0.15, -0.1) is 0 Å². The van der Waals surface area contributed by atoms with Crippen molar-refractivity contribution in [2.75, 3.05) is 19.0 Å².